The van der Waals surface area contributed by atoms with Crippen molar-refractivity contribution in [1.82, 2.24) is 20.4 Å². The van der Waals surface area contributed by atoms with E-state index in [1.54, 1.807) is 48.3 Å². The van der Waals surface area contributed by atoms with E-state index in [9.17, 15) is 9.59 Å². The van der Waals surface area contributed by atoms with Gasteiger partial charge in [-0.1, -0.05) is 29.4 Å². The first-order chi connectivity index (χ1) is 17.6. The second kappa shape index (κ2) is 10.3. The third kappa shape index (κ3) is 5.20. The van der Waals surface area contributed by atoms with Crippen molar-refractivity contribution in [3.8, 4) is 23.0 Å². The van der Waals surface area contributed by atoms with Crippen molar-refractivity contribution >= 4 is 11.8 Å². The Morgan fingerprint density at radius 1 is 0.944 bits per heavy atom. The zero-order valence-corrected chi connectivity index (χ0v) is 19.6. The number of rotatable bonds is 8. The van der Waals surface area contributed by atoms with Crippen LogP contribution in [0.2, 0.25) is 0 Å². The predicted molar refractivity (Wildman–Crippen MR) is 131 cm³/mol. The van der Waals surface area contributed by atoms with Crippen molar-refractivity contribution < 1.29 is 23.6 Å². The molecule has 9 heteroatoms. The van der Waals surface area contributed by atoms with E-state index >= 15 is 0 Å². The Hall–Kier alpha value is -4.66. The number of benzene rings is 3. The Bertz CT molecular complexity index is 1370. The molecule has 2 heterocycles. The van der Waals surface area contributed by atoms with Crippen molar-refractivity contribution in [3.63, 3.8) is 0 Å². The highest BCUT2D eigenvalue weighted by Gasteiger charge is 2.16. The van der Waals surface area contributed by atoms with E-state index in [-0.39, 0.29) is 18.6 Å². The summed E-state index contributed by atoms with van der Waals surface area (Å²) >= 11 is 0. The van der Waals surface area contributed by atoms with Crippen LogP contribution in [0, 0.1) is 0 Å². The fourth-order valence-electron chi connectivity index (χ4n) is 3.74. The van der Waals surface area contributed by atoms with Crippen LogP contribution in [0.15, 0.2) is 77.3 Å². The zero-order valence-electron chi connectivity index (χ0n) is 19.6. The van der Waals surface area contributed by atoms with E-state index in [0.29, 0.717) is 59.4 Å². The van der Waals surface area contributed by atoms with Crippen LogP contribution in [-0.2, 0) is 13.0 Å². The van der Waals surface area contributed by atoms with Gasteiger partial charge in [-0.05, 0) is 54.1 Å². The number of hydrogen-bond acceptors (Lipinski definition) is 7. The molecule has 1 N–H and O–H groups in total. The van der Waals surface area contributed by atoms with Crippen molar-refractivity contribution in [3.05, 3.63) is 95.3 Å². The Kier molecular flexibility index (Phi) is 6.61. The highest BCUT2D eigenvalue weighted by atomic mass is 16.7. The molecule has 0 unspecified atom stereocenters. The molecule has 0 saturated heterocycles. The highest BCUT2D eigenvalue weighted by molar-refractivity contribution is 5.94. The highest BCUT2D eigenvalue weighted by Crippen LogP contribution is 2.32. The van der Waals surface area contributed by atoms with Crippen LogP contribution < -0.4 is 14.8 Å². The van der Waals surface area contributed by atoms with Crippen LogP contribution in [-0.4, -0.2) is 47.2 Å². The van der Waals surface area contributed by atoms with E-state index in [1.165, 1.54) is 0 Å². The molecule has 0 fully saturated rings. The summed E-state index contributed by atoms with van der Waals surface area (Å²) in [6.45, 7) is 1.03. The van der Waals surface area contributed by atoms with Crippen molar-refractivity contribution in [2.24, 2.45) is 0 Å². The SMILES string of the molecule is CN(CCc1noc(-c2ccc(C(=O)NCc3ccc4c(c3)OCO4)cc2)n1)C(=O)c1ccccc1. The van der Waals surface area contributed by atoms with E-state index in [4.69, 9.17) is 14.0 Å². The molecule has 0 spiro atoms. The lowest BCUT2D eigenvalue weighted by Gasteiger charge is -2.15. The largest absolute Gasteiger partial charge is 0.454 e. The van der Waals surface area contributed by atoms with Crippen LogP contribution in [0.25, 0.3) is 11.5 Å². The molecule has 0 radical (unpaired) electrons. The maximum Gasteiger partial charge on any atom is 0.257 e. The standard InChI is InChI=1S/C27H24N4O5/c1-31(27(33)21-5-3-2-4-6-21)14-13-24-29-26(36-30-24)20-10-8-19(9-11-20)25(32)28-16-18-7-12-22-23(15-18)35-17-34-22/h2-12,15H,13-14,16-17H2,1H3,(H,28,32). The Morgan fingerprint density at radius 3 is 2.53 bits per heavy atom. The molecule has 0 aliphatic carbocycles. The van der Waals surface area contributed by atoms with Crippen LogP contribution in [0.1, 0.15) is 32.1 Å². The summed E-state index contributed by atoms with van der Waals surface area (Å²) in [5.74, 6) is 1.98. The number of hydrogen-bond donors (Lipinski definition) is 1. The van der Waals surface area contributed by atoms with Crippen molar-refractivity contribution in [2.75, 3.05) is 20.4 Å². The molecule has 1 aromatic heterocycles. The molecule has 1 aliphatic heterocycles. The summed E-state index contributed by atoms with van der Waals surface area (Å²) in [4.78, 5) is 31.1. The molecule has 182 valence electrons. The molecule has 3 aromatic carbocycles. The number of carbonyl (C=O) groups excluding carboxylic acids is 2. The molecule has 1 aliphatic rings. The van der Waals surface area contributed by atoms with Crippen LogP contribution in [0.5, 0.6) is 11.5 Å². The lowest BCUT2D eigenvalue weighted by molar-refractivity contribution is 0.0795. The summed E-state index contributed by atoms with van der Waals surface area (Å²) in [6.07, 6.45) is 0.457. The number of nitrogens with zero attached hydrogens (tertiary/aromatic N) is 3. The molecular formula is C27H24N4O5. The minimum atomic E-state index is -0.198. The summed E-state index contributed by atoms with van der Waals surface area (Å²) in [6, 6.07) is 21.6. The normalized spacial score (nSPS) is 11.8. The van der Waals surface area contributed by atoms with Gasteiger partial charge >= 0.3 is 0 Å². The predicted octanol–water partition coefficient (Wildman–Crippen LogP) is 3.71. The Balaban J connectivity index is 1.14. The summed E-state index contributed by atoms with van der Waals surface area (Å²) in [5, 5.41) is 6.92. The molecule has 0 saturated carbocycles. The number of fused-ring (bicyclic) bond motifs is 1. The summed E-state index contributed by atoms with van der Waals surface area (Å²) in [7, 11) is 1.74. The fourth-order valence-corrected chi connectivity index (χ4v) is 3.74. The van der Waals surface area contributed by atoms with Gasteiger partial charge in [-0.2, -0.15) is 4.98 Å². The summed E-state index contributed by atoms with van der Waals surface area (Å²) in [5.41, 5.74) is 2.77. The maximum atomic E-state index is 12.6. The number of ether oxygens (including phenoxy) is 2. The third-order valence-electron chi connectivity index (χ3n) is 5.79. The molecule has 4 aromatic rings. The van der Waals surface area contributed by atoms with Crippen LogP contribution >= 0.6 is 0 Å². The second-order valence-corrected chi connectivity index (χ2v) is 8.31. The van der Waals surface area contributed by atoms with Crippen molar-refractivity contribution in [2.45, 2.75) is 13.0 Å². The quantitative estimate of drug-likeness (QED) is 0.406. The van der Waals surface area contributed by atoms with E-state index in [1.807, 2.05) is 36.4 Å². The van der Waals surface area contributed by atoms with Gasteiger partial charge in [0, 0.05) is 43.2 Å². The van der Waals surface area contributed by atoms with Gasteiger partial charge in [-0.25, -0.2) is 0 Å². The minimum Gasteiger partial charge on any atom is -0.454 e. The molecular weight excluding hydrogens is 460 g/mol. The van der Waals surface area contributed by atoms with Gasteiger partial charge in [-0.15, -0.1) is 0 Å². The first kappa shape index (κ1) is 23.1. The van der Waals surface area contributed by atoms with E-state index < -0.39 is 0 Å². The van der Waals surface area contributed by atoms with Gasteiger partial charge in [-0.3, -0.25) is 9.59 Å². The fraction of sp³-hybridized carbons (Fsp3) is 0.185. The number of likely N-dealkylation sites (N-methyl/N-ethyl adjacent to an activating group) is 1. The first-order valence-electron chi connectivity index (χ1n) is 11.5. The van der Waals surface area contributed by atoms with Gasteiger partial charge in [0.15, 0.2) is 17.3 Å². The third-order valence-corrected chi connectivity index (χ3v) is 5.79. The zero-order chi connectivity index (χ0) is 24.9. The number of nitrogens with one attached hydrogen (secondary N) is 1. The molecule has 36 heavy (non-hydrogen) atoms. The van der Waals surface area contributed by atoms with Gasteiger partial charge in [0.2, 0.25) is 6.79 Å². The first-order valence-corrected chi connectivity index (χ1v) is 11.5. The molecule has 5 rings (SSSR count). The maximum absolute atomic E-state index is 12.6. The molecule has 0 atom stereocenters. The van der Waals surface area contributed by atoms with Gasteiger partial charge in [0.05, 0.1) is 0 Å². The Morgan fingerprint density at radius 2 is 1.72 bits per heavy atom. The molecule has 0 bridgehead atoms. The topological polar surface area (TPSA) is 107 Å². The monoisotopic (exact) mass is 484 g/mol. The average Bonchev–Trinajstić information content (AvgIpc) is 3.60. The van der Waals surface area contributed by atoms with Gasteiger partial charge in [0.1, 0.15) is 0 Å². The smallest absolute Gasteiger partial charge is 0.257 e. The van der Waals surface area contributed by atoms with Gasteiger partial charge < -0.3 is 24.2 Å². The molecule has 2 amide bonds. The minimum absolute atomic E-state index is 0.0632. The van der Waals surface area contributed by atoms with E-state index in [2.05, 4.69) is 15.5 Å². The average molecular weight is 485 g/mol. The lowest BCUT2D eigenvalue weighted by atomic mass is 10.1. The van der Waals surface area contributed by atoms with Gasteiger partial charge in [0.25, 0.3) is 17.7 Å². The number of amides is 2. The van der Waals surface area contributed by atoms with Crippen molar-refractivity contribution in [1.29, 1.82) is 0 Å². The number of aromatic nitrogens is 2. The molecule has 9 nitrogen and oxygen atoms in total. The summed E-state index contributed by atoms with van der Waals surface area (Å²) < 4.78 is 16.1. The van der Waals surface area contributed by atoms with E-state index in [0.717, 1.165) is 5.56 Å². The second-order valence-electron chi connectivity index (χ2n) is 8.31. The lowest BCUT2D eigenvalue weighted by Crippen LogP contribution is -2.29. The van der Waals surface area contributed by atoms with Crippen LogP contribution in [0.4, 0.5) is 0 Å². The van der Waals surface area contributed by atoms with Crippen LogP contribution in [0.3, 0.4) is 0 Å². The number of carbonyl (C=O) groups is 2. The Labute approximate surface area is 207 Å².